The molecule has 1 heterocycles. The second-order valence-electron chi connectivity index (χ2n) is 13.2. The fourth-order valence-corrected chi connectivity index (χ4v) is 7.98. The SMILES string of the molecule is C1=C2CC(C=C1c1c3ccccc3c(-c3ccc(-c4ccccc4)cc3)c3ccc(-c4nc5ccccc5n4-c4ccccc4)cc13)C2. The first kappa shape index (κ1) is 27.2. The van der Waals surface area contributed by atoms with E-state index >= 15 is 0 Å². The summed E-state index contributed by atoms with van der Waals surface area (Å²) in [6, 6.07) is 54.8. The van der Waals surface area contributed by atoms with Gasteiger partial charge < -0.3 is 0 Å². The first-order valence-corrected chi connectivity index (χ1v) is 16.9. The molecule has 0 spiro atoms. The van der Waals surface area contributed by atoms with Gasteiger partial charge in [0, 0.05) is 11.3 Å². The minimum absolute atomic E-state index is 0.643. The van der Waals surface area contributed by atoms with Crippen molar-refractivity contribution in [2.24, 2.45) is 5.92 Å². The fraction of sp³-hybridized carbons (Fsp3) is 0.0652. The lowest BCUT2D eigenvalue weighted by Crippen LogP contribution is -2.16. The molecule has 0 unspecified atom stereocenters. The third-order valence-electron chi connectivity index (χ3n) is 10.3. The predicted octanol–water partition coefficient (Wildman–Crippen LogP) is 12.1. The minimum atomic E-state index is 0.643. The van der Waals surface area contributed by atoms with Crippen LogP contribution in [0.3, 0.4) is 0 Å². The topological polar surface area (TPSA) is 17.8 Å². The molecule has 1 fully saturated rings. The molecule has 11 rings (SSSR count). The van der Waals surface area contributed by atoms with Gasteiger partial charge in [-0.1, -0.05) is 139 Å². The summed E-state index contributed by atoms with van der Waals surface area (Å²) in [6.45, 7) is 0. The highest BCUT2D eigenvalue weighted by Gasteiger charge is 2.28. The van der Waals surface area contributed by atoms with Gasteiger partial charge >= 0.3 is 0 Å². The van der Waals surface area contributed by atoms with Gasteiger partial charge in [0.05, 0.1) is 11.0 Å². The van der Waals surface area contributed by atoms with E-state index in [-0.39, 0.29) is 0 Å². The lowest BCUT2D eigenvalue weighted by atomic mass is 9.72. The zero-order chi connectivity index (χ0) is 31.6. The van der Waals surface area contributed by atoms with E-state index in [1.165, 1.54) is 67.8 Å². The Bertz CT molecular complexity index is 2580. The van der Waals surface area contributed by atoms with Gasteiger partial charge in [-0.2, -0.15) is 0 Å². The molecule has 0 radical (unpaired) electrons. The van der Waals surface area contributed by atoms with Gasteiger partial charge in [0.15, 0.2) is 0 Å². The molecule has 1 saturated carbocycles. The number of para-hydroxylation sites is 3. The average molecular weight is 613 g/mol. The number of allylic oxidation sites excluding steroid dienone is 4. The molecule has 2 nitrogen and oxygen atoms in total. The summed E-state index contributed by atoms with van der Waals surface area (Å²) in [4.78, 5) is 5.25. The Morgan fingerprint density at radius 1 is 0.500 bits per heavy atom. The van der Waals surface area contributed by atoms with Crippen LogP contribution in [0.4, 0.5) is 0 Å². The molecular weight excluding hydrogens is 581 g/mol. The highest BCUT2D eigenvalue weighted by atomic mass is 15.1. The summed E-state index contributed by atoms with van der Waals surface area (Å²) in [5.41, 5.74) is 13.5. The monoisotopic (exact) mass is 612 g/mol. The number of rotatable bonds is 5. The lowest BCUT2D eigenvalue weighted by molar-refractivity contribution is 0.508. The summed E-state index contributed by atoms with van der Waals surface area (Å²) in [7, 11) is 0. The van der Waals surface area contributed by atoms with Crippen molar-refractivity contribution >= 4 is 38.2 Å². The summed E-state index contributed by atoms with van der Waals surface area (Å²) in [6.07, 6.45) is 7.39. The maximum atomic E-state index is 5.25. The van der Waals surface area contributed by atoms with Crippen molar-refractivity contribution in [3.63, 3.8) is 0 Å². The Labute approximate surface area is 280 Å². The van der Waals surface area contributed by atoms with E-state index in [1.54, 1.807) is 5.57 Å². The normalized spacial score (nSPS) is 14.2. The van der Waals surface area contributed by atoms with Crippen molar-refractivity contribution in [1.29, 1.82) is 0 Å². The van der Waals surface area contributed by atoms with Crippen molar-refractivity contribution in [1.82, 2.24) is 9.55 Å². The van der Waals surface area contributed by atoms with Gasteiger partial charge in [0.2, 0.25) is 0 Å². The third-order valence-corrected chi connectivity index (χ3v) is 10.3. The number of benzene rings is 7. The number of hydrogen-bond acceptors (Lipinski definition) is 1. The van der Waals surface area contributed by atoms with Crippen LogP contribution in [0.1, 0.15) is 18.4 Å². The second-order valence-corrected chi connectivity index (χ2v) is 13.2. The molecule has 226 valence electrons. The number of fused-ring (bicyclic) bond motifs is 4. The standard InChI is InChI=1S/C46H32N2/c1-3-11-32(12-4-1)33-19-21-34(22-20-33)44-38-15-7-8-16-39(38)45(36-27-30-25-31(26-30)28-36)41-29-35(23-24-40(41)44)46-47-42-17-9-10-18-43(42)48(46)37-13-5-2-6-14-37/h1-24,27-30H,25-26H2. The number of aromatic nitrogens is 2. The highest BCUT2D eigenvalue weighted by molar-refractivity contribution is 6.20. The number of hydrogen-bond donors (Lipinski definition) is 0. The van der Waals surface area contributed by atoms with Crippen LogP contribution in [0.15, 0.2) is 169 Å². The largest absolute Gasteiger partial charge is 0.292 e. The van der Waals surface area contributed by atoms with Crippen molar-refractivity contribution < 1.29 is 0 Å². The van der Waals surface area contributed by atoms with E-state index in [2.05, 4.69) is 168 Å². The van der Waals surface area contributed by atoms with E-state index < -0.39 is 0 Å². The third kappa shape index (κ3) is 4.30. The van der Waals surface area contributed by atoms with Gasteiger partial charge in [-0.15, -0.1) is 0 Å². The first-order chi connectivity index (χ1) is 23.8. The maximum Gasteiger partial charge on any atom is 0.145 e. The predicted molar refractivity (Wildman–Crippen MR) is 201 cm³/mol. The quantitative estimate of drug-likeness (QED) is 0.177. The van der Waals surface area contributed by atoms with Gasteiger partial charge in [-0.25, -0.2) is 4.98 Å². The van der Waals surface area contributed by atoms with E-state index in [1.807, 2.05) is 0 Å². The van der Waals surface area contributed by atoms with Gasteiger partial charge in [-0.3, -0.25) is 4.57 Å². The molecule has 8 aromatic rings. The molecule has 7 aromatic carbocycles. The van der Waals surface area contributed by atoms with Crippen LogP contribution in [0, 0.1) is 5.92 Å². The van der Waals surface area contributed by atoms with Crippen molar-refractivity contribution in [3.05, 3.63) is 175 Å². The summed E-state index contributed by atoms with van der Waals surface area (Å²) in [5, 5.41) is 5.12. The summed E-state index contributed by atoms with van der Waals surface area (Å²) >= 11 is 0. The minimum Gasteiger partial charge on any atom is -0.292 e. The van der Waals surface area contributed by atoms with Crippen LogP contribution in [0.25, 0.3) is 77.5 Å². The van der Waals surface area contributed by atoms with Gasteiger partial charge in [-0.05, 0) is 104 Å². The lowest BCUT2D eigenvalue weighted by Gasteiger charge is -2.33. The maximum absolute atomic E-state index is 5.25. The molecule has 0 aliphatic heterocycles. The van der Waals surface area contributed by atoms with Crippen LogP contribution in [0.5, 0.6) is 0 Å². The average Bonchev–Trinajstić information content (AvgIpc) is 3.54. The van der Waals surface area contributed by atoms with Crippen LogP contribution in [-0.4, -0.2) is 9.55 Å². The van der Waals surface area contributed by atoms with Crippen molar-refractivity contribution in [2.45, 2.75) is 12.8 Å². The molecule has 0 atom stereocenters. The zero-order valence-corrected chi connectivity index (χ0v) is 26.5. The van der Waals surface area contributed by atoms with E-state index in [0.29, 0.717) is 5.92 Å². The Morgan fingerprint density at radius 2 is 1.10 bits per heavy atom. The van der Waals surface area contributed by atoms with Gasteiger partial charge in [0.25, 0.3) is 0 Å². The number of imidazole rings is 1. The molecule has 0 amide bonds. The smallest absolute Gasteiger partial charge is 0.145 e. The van der Waals surface area contributed by atoms with E-state index in [0.717, 1.165) is 28.1 Å². The van der Waals surface area contributed by atoms with Crippen LogP contribution < -0.4 is 0 Å². The Kier molecular flexibility index (Phi) is 6.10. The molecular formula is C46H32N2. The Balaban J connectivity index is 1.26. The van der Waals surface area contributed by atoms with Crippen molar-refractivity contribution in [2.75, 3.05) is 0 Å². The second kappa shape index (κ2) is 10.8. The van der Waals surface area contributed by atoms with Crippen LogP contribution in [0.2, 0.25) is 0 Å². The fourth-order valence-electron chi connectivity index (χ4n) is 7.98. The van der Waals surface area contributed by atoms with E-state index in [9.17, 15) is 0 Å². The molecule has 3 aliphatic carbocycles. The molecule has 1 aromatic heterocycles. The summed E-state index contributed by atoms with van der Waals surface area (Å²) in [5.74, 6) is 1.60. The van der Waals surface area contributed by atoms with Crippen LogP contribution in [-0.2, 0) is 0 Å². The number of nitrogens with zero attached hydrogens (tertiary/aromatic N) is 2. The highest BCUT2D eigenvalue weighted by Crippen LogP contribution is 2.48. The zero-order valence-electron chi connectivity index (χ0n) is 26.5. The molecule has 0 saturated heterocycles. The summed E-state index contributed by atoms with van der Waals surface area (Å²) < 4.78 is 2.30. The molecule has 2 heteroatoms. The molecule has 48 heavy (non-hydrogen) atoms. The Morgan fingerprint density at radius 3 is 1.85 bits per heavy atom. The van der Waals surface area contributed by atoms with Gasteiger partial charge in [0.1, 0.15) is 5.82 Å². The Hall–Kier alpha value is -5.99. The molecule has 2 bridgehead atoms. The van der Waals surface area contributed by atoms with Crippen LogP contribution >= 0.6 is 0 Å². The molecule has 0 N–H and O–H groups in total. The molecule has 3 aliphatic rings. The first-order valence-electron chi connectivity index (χ1n) is 16.9. The van der Waals surface area contributed by atoms with E-state index in [4.69, 9.17) is 4.98 Å². The van der Waals surface area contributed by atoms with Crippen molar-refractivity contribution in [3.8, 4) is 39.3 Å².